The first-order chi connectivity index (χ1) is 9.86. The molecule has 1 fully saturated rings. The van der Waals surface area contributed by atoms with Gasteiger partial charge in [-0.2, -0.15) is 4.31 Å². The number of non-ortho nitro benzene ring substituents is 1. The summed E-state index contributed by atoms with van der Waals surface area (Å²) in [6.07, 6.45) is 1.75. The number of nitro benzene ring substituents is 1. The molecule has 1 aliphatic heterocycles. The molecule has 1 aliphatic rings. The summed E-state index contributed by atoms with van der Waals surface area (Å²) in [5, 5.41) is 13.8. The minimum atomic E-state index is -3.61. The maximum Gasteiger partial charge on any atom is 0.269 e. The predicted octanol–water partition coefficient (Wildman–Crippen LogP) is 1.28. The Hall–Kier alpha value is -1.51. The number of sulfonamides is 1. The van der Waals surface area contributed by atoms with Gasteiger partial charge in [-0.05, 0) is 38.4 Å². The Bertz CT molecular complexity index is 645. The summed E-state index contributed by atoms with van der Waals surface area (Å²) in [6, 6.07) is 4.00. The molecule has 1 saturated heterocycles. The van der Waals surface area contributed by atoms with Crippen molar-refractivity contribution < 1.29 is 13.3 Å². The normalized spacial score (nSPS) is 20.4. The van der Waals surface area contributed by atoms with Crippen molar-refractivity contribution in [2.75, 3.05) is 20.1 Å². The number of nitrogens with zero attached hydrogens (tertiary/aromatic N) is 2. The molecule has 0 amide bonds. The summed E-state index contributed by atoms with van der Waals surface area (Å²) in [5.74, 6) is 0. The van der Waals surface area contributed by atoms with Crippen LogP contribution >= 0.6 is 0 Å². The average molecular weight is 313 g/mol. The molecule has 1 heterocycles. The van der Waals surface area contributed by atoms with Gasteiger partial charge in [0.1, 0.15) is 0 Å². The van der Waals surface area contributed by atoms with E-state index in [1.54, 1.807) is 6.92 Å². The third kappa shape index (κ3) is 3.22. The number of nitro groups is 1. The van der Waals surface area contributed by atoms with E-state index in [1.807, 2.05) is 7.05 Å². The van der Waals surface area contributed by atoms with Gasteiger partial charge in [0, 0.05) is 31.3 Å². The number of likely N-dealkylation sites (N-methyl/N-ethyl adjacent to an activating group) is 1. The van der Waals surface area contributed by atoms with Gasteiger partial charge in [-0.25, -0.2) is 8.42 Å². The molecule has 7 nitrogen and oxygen atoms in total. The maximum absolute atomic E-state index is 12.7. The second-order valence-electron chi connectivity index (χ2n) is 5.20. The molecule has 0 aliphatic carbocycles. The number of piperidine rings is 1. The Balaban J connectivity index is 2.33. The van der Waals surface area contributed by atoms with Crippen molar-refractivity contribution in [3.05, 3.63) is 33.9 Å². The molecular formula is C13H19N3O4S. The van der Waals surface area contributed by atoms with Crippen LogP contribution in [0.2, 0.25) is 0 Å². The van der Waals surface area contributed by atoms with E-state index in [9.17, 15) is 18.5 Å². The number of hydrogen-bond acceptors (Lipinski definition) is 5. The highest BCUT2D eigenvalue weighted by atomic mass is 32.2. The fourth-order valence-electron chi connectivity index (χ4n) is 2.57. The molecule has 116 valence electrons. The quantitative estimate of drug-likeness (QED) is 0.667. The fourth-order valence-corrected chi connectivity index (χ4v) is 4.30. The largest absolute Gasteiger partial charge is 0.316 e. The van der Waals surface area contributed by atoms with Gasteiger partial charge >= 0.3 is 0 Å². The van der Waals surface area contributed by atoms with Crippen LogP contribution in [0, 0.1) is 17.0 Å². The molecule has 1 unspecified atom stereocenters. The van der Waals surface area contributed by atoms with E-state index in [-0.39, 0.29) is 16.6 Å². The summed E-state index contributed by atoms with van der Waals surface area (Å²) in [7, 11) is -1.79. The van der Waals surface area contributed by atoms with Crippen LogP contribution in [0.25, 0.3) is 0 Å². The van der Waals surface area contributed by atoms with Crippen LogP contribution in [0.3, 0.4) is 0 Å². The number of aryl methyl sites for hydroxylation is 1. The molecule has 21 heavy (non-hydrogen) atoms. The lowest BCUT2D eigenvalue weighted by atomic mass is 10.1. The Morgan fingerprint density at radius 3 is 2.71 bits per heavy atom. The van der Waals surface area contributed by atoms with Crippen LogP contribution in [-0.4, -0.2) is 43.8 Å². The van der Waals surface area contributed by atoms with Crippen molar-refractivity contribution in [1.29, 1.82) is 0 Å². The highest BCUT2D eigenvalue weighted by Gasteiger charge is 2.31. The van der Waals surface area contributed by atoms with Crippen LogP contribution in [0.4, 0.5) is 5.69 Å². The zero-order valence-corrected chi connectivity index (χ0v) is 12.9. The molecule has 8 heteroatoms. The van der Waals surface area contributed by atoms with E-state index in [2.05, 4.69) is 5.32 Å². The molecule has 1 aromatic carbocycles. The van der Waals surface area contributed by atoms with Crippen molar-refractivity contribution >= 4 is 15.7 Å². The smallest absolute Gasteiger partial charge is 0.269 e. The number of hydrogen-bond donors (Lipinski definition) is 1. The zero-order valence-electron chi connectivity index (χ0n) is 12.1. The van der Waals surface area contributed by atoms with Gasteiger partial charge < -0.3 is 5.32 Å². The van der Waals surface area contributed by atoms with Gasteiger partial charge in [0.25, 0.3) is 5.69 Å². The Morgan fingerprint density at radius 2 is 2.14 bits per heavy atom. The van der Waals surface area contributed by atoms with Crippen molar-refractivity contribution in [3.8, 4) is 0 Å². The van der Waals surface area contributed by atoms with Crippen LogP contribution in [-0.2, 0) is 10.0 Å². The van der Waals surface area contributed by atoms with Gasteiger partial charge in [-0.15, -0.1) is 0 Å². The van der Waals surface area contributed by atoms with Gasteiger partial charge in [-0.1, -0.05) is 0 Å². The predicted molar refractivity (Wildman–Crippen MR) is 78.7 cm³/mol. The Labute approximate surface area is 124 Å². The van der Waals surface area contributed by atoms with Gasteiger partial charge in [0.05, 0.1) is 9.82 Å². The zero-order chi connectivity index (χ0) is 15.6. The van der Waals surface area contributed by atoms with Gasteiger partial charge in [-0.3, -0.25) is 10.1 Å². The summed E-state index contributed by atoms with van der Waals surface area (Å²) in [6.45, 7) is 2.49. The van der Waals surface area contributed by atoms with E-state index in [4.69, 9.17) is 0 Å². The van der Waals surface area contributed by atoms with Crippen LogP contribution < -0.4 is 5.32 Å². The lowest BCUT2D eigenvalue weighted by Crippen LogP contribution is -2.46. The van der Waals surface area contributed by atoms with E-state index in [1.165, 1.54) is 22.5 Å². The topological polar surface area (TPSA) is 92.6 Å². The van der Waals surface area contributed by atoms with E-state index in [0.29, 0.717) is 18.7 Å². The first-order valence-electron chi connectivity index (χ1n) is 6.78. The number of benzene rings is 1. The van der Waals surface area contributed by atoms with Crippen LogP contribution in [0.1, 0.15) is 18.4 Å². The highest BCUT2D eigenvalue weighted by Crippen LogP contribution is 2.26. The fraction of sp³-hybridized carbons (Fsp3) is 0.538. The molecule has 1 N–H and O–H groups in total. The minimum Gasteiger partial charge on any atom is -0.316 e. The molecule has 1 atom stereocenters. The monoisotopic (exact) mass is 313 g/mol. The molecule has 0 aromatic heterocycles. The molecule has 1 aromatic rings. The average Bonchev–Trinajstić information content (AvgIpc) is 2.46. The SMILES string of the molecule is CNC1CCCN(S(=O)(=O)c2ccc([N+](=O)[O-])cc2C)C1. The molecule has 0 saturated carbocycles. The van der Waals surface area contributed by atoms with Gasteiger partial charge in [0.2, 0.25) is 10.0 Å². The van der Waals surface area contributed by atoms with Crippen molar-refractivity contribution in [2.45, 2.75) is 30.7 Å². The third-order valence-electron chi connectivity index (χ3n) is 3.78. The summed E-state index contributed by atoms with van der Waals surface area (Å²) in [4.78, 5) is 10.4. The second-order valence-corrected chi connectivity index (χ2v) is 7.10. The van der Waals surface area contributed by atoms with Crippen molar-refractivity contribution in [3.63, 3.8) is 0 Å². The van der Waals surface area contributed by atoms with Crippen molar-refractivity contribution in [1.82, 2.24) is 9.62 Å². The first-order valence-corrected chi connectivity index (χ1v) is 8.22. The van der Waals surface area contributed by atoms with E-state index in [0.717, 1.165) is 12.8 Å². The second kappa shape index (κ2) is 6.08. The molecule has 0 bridgehead atoms. The molecule has 0 spiro atoms. The van der Waals surface area contributed by atoms with E-state index < -0.39 is 14.9 Å². The Morgan fingerprint density at radius 1 is 1.43 bits per heavy atom. The van der Waals surface area contributed by atoms with Crippen LogP contribution in [0.15, 0.2) is 23.1 Å². The molecular weight excluding hydrogens is 294 g/mol. The summed E-state index contributed by atoms with van der Waals surface area (Å²) in [5.41, 5.74) is 0.300. The lowest BCUT2D eigenvalue weighted by molar-refractivity contribution is -0.385. The summed E-state index contributed by atoms with van der Waals surface area (Å²) >= 11 is 0. The Kier molecular flexibility index (Phi) is 4.60. The number of nitrogens with one attached hydrogen (secondary N) is 1. The minimum absolute atomic E-state index is 0.0989. The molecule has 2 rings (SSSR count). The van der Waals surface area contributed by atoms with Gasteiger partial charge in [0.15, 0.2) is 0 Å². The number of rotatable bonds is 4. The van der Waals surface area contributed by atoms with E-state index >= 15 is 0 Å². The standard InChI is InChI=1S/C13H19N3O4S/c1-10-8-12(16(17)18)5-6-13(10)21(19,20)15-7-3-4-11(9-15)14-2/h5-6,8,11,14H,3-4,7,9H2,1-2H3. The third-order valence-corrected chi connectivity index (χ3v) is 5.80. The molecule has 0 radical (unpaired) electrons. The van der Waals surface area contributed by atoms with Crippen molar-refractivity contribution in [2.24, 2.45) is 0 Å². The first kappa shape index (κ1) is 15.9. The highest BCUT2D eigenvalue weighted by molar-refractivity contribution is 7.89. The van der Waals surface area contributed by atoms with Crippen LogP contribution in [0.5, 0.6) is 0 Å². The maximum atomic E-state index is 12.7. The summed E-state index contributed by atoms with van der Waals surface area (Å²) < 4.78 is 26.8. The lowest BCUT2D eigenvalue weighted by Gasteiger charge is -2.32.